The third-order valence-corrected chi connectivity index (χ3v) is 5.79. The first-order valence-corrected chi connectivity index (χ1v) is 8.65. The summed E-state index contributed by atoms with van der Waals surface area (Å²) in [4.78, 5) is 0. The molecule has 6 heteroatoms. The Balaban J connectivity index is 2.25. The molecule has 1 aliphatic rings. The molecule has 0 amide bonds. The van der Waals surface area contributed by atoms with Gasteiger partial charge in [0.05, 0.1) is 18.2 Å². The predicted molar refractivity (Wildman–Crippen MR) is 82.9 cm³/mol. The van der Waals surface area contributed by atoms with Gasteiger partial charge in [0.15, 0.2) is 0 Å². The Labute approximate surface area is 127 Å². The summed E-state index contributed by atoms with van der Waals surface area (Å²) in [7, 11) is -3.56. The molecule has 0 unspecified atom stereocenters. The van der Waals surface area contributed by atoms with Crippen molar-refractivity contribution in [3.63, 3.8) is 0 Å². The Kier molecular flexibility index (Phi) is 5.21. The monoisotopic (exact) mass is 307 g/mol. The number of nitrogens with zero attached hydrogens (tertiary/aromatic N) is 3. The van der Waals surface area contributed by atoms with Crippen LogP contribution in [0.4, 0.5) is 5.69 Å². The standard InChI is InChI=1S/C15H21N3O2S/c1-14-8-12-17(13-9-14)21(19,20)18(11-5-10-16)15-6-3-2-4-7-15/h2-4,6-7,14H,5,8-9,11-13H2,1H3. The minimum Gasteiger partial charge on any atom is -0.257 e. The third-order valence-electron chi connectivity index (χ3n) is 3.82. The molecule has 0 spiro atoms. The van der Waals surface area contributed by atoms with Crippen LogP contribution in [-0.4, -0.2) is 32.4 Å². The smallest absolute Gasteiger partial charge is 0.257 e. The van der Waals surface area contributed by atoms with Crippen molar-refractivity contribution >= 4 is 15.9 Å². The Morgan fingerprint density at radius 1 is 1.29 bits per heavy atom. The molecule has 1 aromatic carbocycles. The average Bonchev–Trinajstić information content (AvgIpc) is 2.49. The van der Waals surface area contributed by atoms with Crippen molar-refractivity contribution in [3.05, 3.63) is 30.3 Å². The van der Waals surface area contributed by atoms with Gasteiger partial charge < -0.3 is 0 Å². The lowest BCUT2D eigenvalue weighted by Gasteiger charge is -2.34. The van der Waals surface area contributed by atoms with E-state index in [4.69, 9.17) is 5.26 Å². The van der Waals surface area contributed by atoms with E-state index in [1.165, 1.54) is 8.61 Å². The SMILES string of the molecule is CC1CCN(S(=O)(=O)N(CCC#N)c2ccccc2)CC1. The van der Waals surface area contributed by atoms with E-state index in [-0.39, 0.29) is 13.0 Å². The average molecular weight is 307 g/mol. The van der Waals surface area contributed by atoms with Gasteiger partial charge in [0.25, 0.3) is 0 Å². The van der Waals surface area contributed by atoms with Gasteiger partial charge in [0, 0.05) is 19.6 Å². The van der Waals surface area contributed by atoms with Crippen LogP contribution in [0.5, 0.6) is 0 Å². The number of anilines is 1. The van der Waals surface area contributed by atoms with E-state index in [1.807, 2.05) is 24.3 Å². The topological polar surface area (TPSA) is 64.4 Å². The molecule has 5 nitrogen and oxygen atoms in total. The molecule has 0 bridgehead atoms. The fourth-order valence-electron chi connectivity index (χ4n) is 2.48. The van der Waals surface area contributed by atoms with E-state index in [0.717, 1.165) is 12.8 Å². The van der Waals surface area contributed by atoms with Crippen LogP contribution in [0.3, 0.4) is 0 Å². The Hall–Kier alpha value is -1.58. The maximum absolute atomic E-state index is 12.8. The second-order valence-corrected chi connectivity index (χ2v) is 7.26. The molecule has 0 N–H and O–H groups in total. The van der Waals surface area contributed by atoms with Crippen molar-refractivity contribution < 1.29 is 8.42 Å². The second kappa shape index (κ2) is 6.92. The van der Waals surface area contributed by atoms with Crippen LogP contribution < -0.4 is 4.31 Å². The van der Waals surface area contributed by atoms with Gasteiger partial charge >= 0.3 is 10.2 Å². The molecule has 0 aromatic heterocycles. The zero-order valence-electron chi connectivity index (χ0n) is 12.3. The third kappa shape index (κ3) is 3.74. The highest BCUT2D eigenvalue weighted by Gasteiger charge is 2.32. The quantitative estimate of drug-likeness (QED) is 0.839. The number of hydrogen-bond acceptors (Lipinski definition) is 3. The highest BCUT2D eigenvalue weighted by molar-refractivity contribution is 7.90. The van der Waals surface area contributed by atoms with Crippen molar-refractivity contribution in [1.29, 1.82) is 5.26 Å². The second-order valence-electron chi connectivity index (χ2n) is 5.41. The number of piperidine rings is 1. The lowest BCUT2D eigenvalue weighted by Crippen LogP contribution is -2.47. The zero-order valence-corrected chi connectivity index (χ0v) is 13.1. The van der Waals surface area contributed by atoms with Crippen LogP contribution in [0.25, 0.3) is 0 Å². The van der Waals surface area contributed by atoms with Crippen LogP contribution in [0.2, 0.25) is 0 Å². The highest BCUT2D eigenvalue weighted by Crippen LogP contribution is 2.25. The number of hydrogen-bond donors (Lipinski definition) is 0. The first-order valence-electron chi connectivity index (χ1n) is 7.25. The summed E-state index contributed by atoms with van der Waals surface area (Å²) in [5.41, 5.74) is 0.617. The minimum absolute atomic E-state index is 0.179. The van der Waals surface area contributed by atoms with Crippen molar-refractivity contribution in [1.82, 2.24) is 4.31 Å². The summed E-state index contributed by atoms with van der Waals surface area (Å²) in [6, 6.07) is 11.0. The first kappa shape index (κ1) is 15.8. The van der Waals surface area contributed by atoms with Crippen LogP contribution in [-0.2, 0) is 10.2 Å². The lowest BCUT2D eigenvalue weighted by molar-refractivity contribution is 0.287. The van der Waals surface area contributed by atoms with E-state index in [0.29, 0.717) is 24.7 Å². The van der Waals surface area contributed by atoms with Gasteiger partial charge in [-0.05, 0) is 30.9 Å². The summed E-state index contributed by atoms with van der Waals surface area (Å²) in [5, 5.41) is 8.79. The Morgan fingerprint density at radius 3 is 2.48 bits per heavy atom. The van der Waals surface area contributed by atoms with E-state index in [9.17, 15) is 8.42 Å². The number of benzene rings is 1. The van der Waals surface area contributed by atoms with Gasteiger partial charge in [-0.1, -0.05) is 25.1 Å². The molecule has 1 saturated heterocycles. The summed E-state index contributed by atoms with van der Waals surface area (Å²) >= 11 is 0. The molecule has 0 aliphatic carbocycles. The van der Waals surface area contributed by atoms with Crippen molar-refractivity contribution in [3.8, 4) is 6.07 Å². The molecule has 21 heavy (non-hydrogen) atoms. The molecule has 1 aliphatic heterocycles. The number of para-hydroxylation sites is 1. The van der Waals surface area contributed by atoms with Crippen molar-refractivity contribution in [2.75, 3.05) is 23.9 Å². The fourth-order valence-corrected chi connectivity index (χ4v) is 4.14. The largest absolute Gasteiger partial charge is 0.304 e. The van der Waals surface area contributed by atoms with Gasteiger partial charge in [-0.3, -0.25) is 4.31 Å². The predicted octanol–water partition coefficient (Wildman–Crippen LogP) is 2.38. The van der Waals surface area contributed by atoms with Gasteiger partial charge in [0.2, 0.25) is 0 Å². The van der Waals surface area contributed by atoms with Gasteiger partial charge in [-0.15, -0.1) is 0 Å². The molecule has 0 atom stereocenters. The zero-order chi connectivity index (χ0) is 15.3. The molecule has 114 valence electrons. The van der Waals surface area contributed by atoms with Crippen LogP contribution >= 0.6 is 0 Å². The lowest BCUT2D eigenvalue weighted by atomic mass is 10.0. The Bertz CT molecular complexity index is 587. The summed E-state index contributed by atoms with van der Waals surface area (Å²) in [6.45, 7) is 3.45. The van der Waals surface area contributed by atoms with Crippen molar-refractivity contribution in [2.45, 2.75) is 26.2 Å². The number of nitriles is 1. The van der Waals surface area contributed by atoms with Crippen molar-refractivity contribution in [2.24, 2.45) is 5.92 Å². The molecular formula is C15H21N3O2S. The maximum atomic E-state index is 12.8. The van der Waals surface area contributed by atoms with E-state index in [1.54, 1.807) is 12.1 Å². The van der Waals surface area contributed by atoms with Gasteiger partial charge in [-0.25, -0.2) is 0 Å². The van der Waals surface area contributed by atoms with E-state index >= 15 is 0 Å². The fraction of sp³-hybridized carbons (Fsp3) is 0.533. The summed E-state index contributed by atoms with van der Waals surface area (Å²) in [5.74, 6) is 0.570. The van der Waals surface area contributed by atoms with Gasteiger partial charge in [0.1, 0.15) is 0 Å². The summed E-state index contributed by atoms with van der Waals surface area (Å²) in [6.07, 6.45) is 1.96. The molecule has 0 radical (unpaired) electrons. The maximum Gasteiger partial charge on any atom is 0.304 e. The first-order chi connectivity index (χ1) is 10.1. The molecule has 1 heterocycles. The van der Waals surface area contributed by atoms with Gasteiger partial charge in [-0.2, -0.15) is 18.0 Å². The molecule has 1 fully saturated rings. The molecule has 0 saturated carbocycles. The highest BCUT2D eigenvalue weighted by atomic mass is 32.2. The normalized spacial score (nSPS) is 17.3. The molecular weight excluding hydrogens is 286 g/mol. The minimum atomic E-state index is -3.56. The Morgan fingerprint density at radius 2 is 1.90 bits per heavy atom. The van der Waals surface area contributed by atoms with Crippen LogP contribution in [0.1, 0.15) is 26.2 Å². The molecule has 2 rings (SSSR count). The molecule has 1 aromatic rings. The number of rotatable bonds is 5. The van der Waals surface area contributed by atoms with Crippen LogP contribution in [0, 0.1) is 17.2 Å². The van der Waals surface area contributed by atoms with E-state index < -0.39 is 10.2 Å². The summed E-state index contributed by atoms with van der Waals surface area (Å²) < 4.78 is 28.6. The van der Waals surface area contributed by atoms with E-state index in [2.05, 4.69) is 6.92 Å². The van der Waals surface area contributed by atoms with Crippen LogP contribution in [0.15, 0.2) is 30.3 Å².